The van der Waals surface area contributed by atoms with Gasteiger partial charge < -0.3 is 0 Å². The molecule has 0 amide bonds. The van der Waals surface area contributed by atoms with Crippen molar-refractivity contribution in [2.45, 2.75) is 40.3 Å². The Morgan fingerprint density at radius 1 is 1.50 bits per heavy atom. The maximum absolute atomic E-state index is 12.9. The molecule has 1 atom stereocenters. The average Bonchev–Trinajstić information content (AvgIpc) is 1.60. The van der Waals surface area contributed by atoms with E-state index in [1.807, 2.05) is 0 Å². The zero-order chi connectivity index (χ0) is 8.36. The van der Waals surface area contributed by atoms with Crippen LogP contribution in [0.5, 0.6) is 0 Å². The van der Waals surface area contributed by atoms with Crippen LogP contribution in [0.3, 0.4) is 0 Å². The minimum absolute atomic E-state index is 0.0451. The van der Waals surface area contributed by atoms with Crippen LogP contribution in [0.25, 0.3) is 0 Å². The van der Waals surface area contributed by atoms with Crippen molar-refractivity contribution >= 4 is 5.78 Å². The largest absolute Gasteiger partial charge is 0.300 e. The van der Waals surface area contributed by atoms with Gasteiger partial charge in [0.1, 0.15) is 12.0 Å². The zero-order valence-corrected chi connectivity index (χ0v) is 7.07. The summed E-state index contributed by atoms with van der Waals surface area (Å²) in [6.45, 7) is 6.79. The van der Waals surface area contributed by atoms with E-state index in [1.165, 1.54) is 6.92 Å². The van der Waals surface area contributed by atoms with Gasteiger partial charge in [-0.15, -0.1) is 0 Å². The van der Waals surface area contributed by atoms with Crippen molar-refractivity contribution in [3.05, 3.63) is 0 Å². The summed E-state index contributed by atoms with van der Waals surface area (Å²) in [6, 6.07) is 0. The van der Waals surface area contributed by atoms with Gasteiger partial charge in [0.05, 0.1) is 0 Å². The molecule has 0 aliphatic carbocycles. The van der Waals surface area contributed by atoms with Crippen LogP contribution in [-0.2, 0) is 4.79 Å². The van der Waals surface area contributed by atoms with Crippen LogP contribution in [-0.4, -0.2) is 12.0 Å². The van der Waals surface area contributed by atoms with Gasteiger partial charge in [0.2, 0.25) is 0 Å². The molecule has 0 saturated heterocycles. The Labute approximate surface area is 61.6 Å². The van der Waals surface area contributed by atoms with Crippen molar-refractivity contribution in [1.82, 2.24) is 0 Å². The predicted molar refractivity (Wildman–Crippen MR) is 39.6 cm³/mol. The Morgan fingerprint density at radius 3 is 2.00 bits per heavy atom. The van der Waals surface area contributed by atoms with Crippen molar-refractivity contribution < 1.29 is 9.18 Å². The van der Waals surface area contributed by atoms with E-state index in [2.05, 4.69) is 0 Å². The smallest absolute Gasteiger partial charge is 0.132 e. The lowest BCUT2D eigenvalue weighted by Gasteiger charge is -2.22. The van der Waals surface area contributed by atoms with Crippen LogP contribution in [0, 0.1) is 5.41 Å². The molecular formula is C8H15FO. The minimum atomic E-state index is -1.01. The Balaban J connectivity index is 3.85. The third-order valence-electron chi connectivity index (χ3n) is 1.41. The van der Waals surface area contributed by atoms with Gasteiger partial charge in [0, 0.05) is 6.42 Å². The van der Waals surface area contributed by atoms with Gasteiger partial charge in [-0.2, -0.15) is 0 Å². The number of alkyl halides is 1. The Hall–Kier alpha value is -0.400. The number of halogens is 1. The molecule has 10 heavy (non-hydrogen) atoms. The van der Waals surface area contributed by atoms with E-state index in [4.69, 9.17) is 0 Å². The van der Waals surface area contributed by atoms with Crippen LogP contribution in [0.4, 0.5) is 4.39 Å². The monoisotopic (exact) mass is 146 g/mol. The highest BCUT2D eigenvalue weighted by Gasteiger charge is 2.24. The van der Waals surface area contributed by atoms with Crippen LogP contribution < -0.4 is 0 Å². The van der Waals surface area contributed by atoms with Gasteiger partial charge in [0.25, 0.3) is 0 Å². The molecule has 0 aliphatic rings. The molecular weight excluding hydrogens is 131 g/mol. The average molecular weight is 146 g/mol. The fraction of sp³-hybridized carbons (Fsp3) is 0.875. The predicted octanol–water partition coefficient (Wildman–Crippen LogP) is 2.35. The van der Waals surface area contributed by atoms with Gasteiger partial charge in [-0.25, -0.2) is 4.39 Å². The normalized spacial score (nSPS) is 14.9. The summed E-state index contributed by atoms with van der Waals surface area (Å²) < 4.78 is 12.9. The van der Waals surface area contributed by atoms with Gasteiger partial charge in [-0.3, -0.25) is 4.79 Å². The molecule has 1 nitrogen and oxygen atoms in total. The number of carbonyl (C=O) groups excluding carboxylic acids is 1. The third kappa shape index (κ3) is 3.59. The molecule has 0 spiro atoms. The lowest BCUT2D eigenvalue weighted by Crippen LogP contribution is -2.23. The molecule has 0 aromatic carbocycles. The topological polar surface area (TPSA) is 17.1 Å². The van der Waals surface area contributed by atoms with Gasteiger partial charge in [-0.1, -0.05) is 20.8 Å². The van der Waals surface area contributed by atoms with Crippen LogP contribution in [0.1, 0.15) is 34.1 Å². The summed E-state index contributed by atoms with van der Waals surface area (Å²) in [5.41, 5.74) is -0.397. The molecule has 0 fully saturated rings. The molecule has 0 aliphatic heterocycles. The zero-order valence-electron chi connectivity index (χ0n) is 7.07. The number of hydrogen-bond acceptors (Lipinski definition) is 1. The van der Waals surface area contributed by atoms with Crippen molar-refractivity contribution in [2.24, 2.45) is 5.41 Å². The van der Waals surface area contributed by atoms with Crippen LogP contribution in [0.2, 0.25) is 0 Å². The van der Waals surface area contributed by atoms with Crippen molar-refractivity contribution in [3.8, 4) is 0 Å². The lowest BCUT2D eigenvalue weighted by atomic mass is 9.88. The van der Waals surface area contributed by atoms with Crippen molar-refractivity contribution in [3.63, 3.8) is 0 Å². The highest BCUT2D eigenvalue weighted by Crippen LogP contribution is 2.24. The van der Waals surface area contributed by atoms with E-state index in [0.717, 1.165) is 0 Å². The molecule has 0 bridgehead atoms. The highest BCUT2D eigenvalue weighted by molar-refractivity contribution is 5.76. The molecule has 0 N–H and O–H groups in total. The van der Waals surface area contributed by atoms with Gasteiger partial charge in [-0.05, 0) is 12.3 Å². The van der Waals surface area contributed by atoms with Gasteiger partial charge in [0.15, 0.2) is 0 Å². The second kappa shape index (κ2) is 3.13. The van der Waals surface area contributed by atoms with E-state index < -0.39 is 11.6 Å². The summed E-state index contributed by atoms with van der Waals surface area (Å²) in [7, 11) is 0. The summed E-state index contributed by atoms with van der Waals surface area (Å²) in [5, 5.41) is 0. The molecule has 2 heteroatoms. The Morgan fingerprint density at radius 2 is 1.90 bits per heavy atom. The molecule has 1 unspecified atom stereocenters. The third-order valence-corrected chi connectivity index (χ3v) is 1.41. The van der Waals surface area contributed by atoms with Gasteiger partial charge >= 0.3 is 0 Å². The second-order valence-electron chi connectivity index (χ2n) is 3.74. The SMILES string of the molecule is CC(=O)CC(F)C(C)(C)C. The summed E-state index contributed by atoms with van der Waals surface area (Å²) in [4.78, 5) is 10.5. The standard InChI is InChI=1S/C8H15FO/c1-6(10)5-7(9)8(2,3)4/h7H,5H2,1-4H3. The Bertz CT molecular complexity index is 124. The number of ketones is 1. The molecule has 0 aromatic heterocycles. The molecule has 0 radical (unpaired) electrons. The van der Waals surface area contributed by atoms with E-state index in [9.17, 15) is 9.18 Å². The molecule has 0 aromatic rings. The van der Waals surface area contributed by atoms with E-state index in [-0.39, 0.29) is 12.2 Å². The first kappa shape index (κ1) is 9.60. The first-order valence-corrected chi connectivity index (χ1v) is 3.47. The Kier molecular flexibility index (Phi) is 3.00. The minimum Gasteiger partial charge on any atom is -0.300 e. The molecule has 60 valence electrons. The molecule has 0 rings (SSSR count). The van der Waals surface area contributed by atoms with Crippen molar-refractivity contribution in [1.29, 1.82) is 0 Å². The lowest BCUT2D eigenvalue weighted by molar-refractivity contribution is -0.119. The van der Waals surface area contributed by atoms with E-state index in [1.54, 1.807) is 20.8 Å². The summed E-state index contributed by atoms with van der Waals surface area (Å²) >= 11 is 0. The first-order valence-electron chi connectivity index (χ1n) is 3.47. The summed E-state index contributed by atoms with van der Waals surface area (Å²) in [5.74, 6) is -0.0811. The fourth-order valence-electron chi connectivity index (χ4n) is 0.559. The number of carbonyl (C=O) groups is 1. The highest BCUT2D eigenvalue weighted by atomic mass is 19.1. The van der Waals surface area contributed by atoms with Crippen LogP contribution >= 0.6 is 0 Å². The maximum atomic E-state index is 12.9. The molecule has 0 heterocycles. The quantitative estimate of drug-likeness (QED) is 0.584. The summed E-state index contributed by atoms with van der Waals surface area (Å²) in [6.07, 6.45) is -0.964. The van der Waals surface area contributed by atoms with Crippen LogP contribution in [0.15, 0.2) is 0 Å². The molecule has 0 saturated carbocycles. The van der Waals surface area contributed by atoms with E-state index >= 15 is 0 Å². The number of rotatable bonds is 2. The number of hydrogen-bond donors (Lipinski definition) is 0. The fourth-order valence-corrected chi connectivity index (χ4v) is 0.559. The maximum Gasteiger partial charge on any atom is 0.132 e. The van der Waals surface area contributed by atoms with E-state index in [0.29, 0.717) is 0 Å². The number of Topliss-reactive ketones (excluding diaryl/α,β-unsaturated/α-hetero) is 1. The van der Waals surface area contributed by atoms with Crippen molar-refractivity contribution in [2.75, 3.05) is 0 Å². The first-order chi connectivity index (χ1) is 4.34. The second-order valence-corrected chi connectivity index (χ2v) is 3.74.